The van der Waals surface area contributed by atoms with Crippen LogP contribution < -0.4 is 0 Å². The molecule has 6 rings (SSSR count). The highest BCUT2D eigenvalue weighted by Gasteiger charge is 2.55. The largest absolute Gasteiger partial charge is 0.433 e. The Balaban J connectivity index is 1.28. The van der Waals surface area contributed by atoms with Gasteiger partial charge in [-0.25, -0.2) is 4.52 Å². The minimum absolute atomic E-state index is 0.0254. The number of carbonyl (C=O) groups excluding carboxylic acids is 3. The highest BCUT2D eigenvalue weighted by Crippen LogP contribution is 2.51. The molecule has 2 amide bonds. The van der Waals surface area contributed by atoms with Crippen molar-refractivity contribution in [1.29, 1.82) is 0 Å². The number of halogens is 4. The van der Waals surface area contributed by atoms with Crippen LogP contribution in [0.4, 0.5) is 13.2 Å². The van der Waals surface area contributed by atoms with E-state index in [2.05, 4.69) is 5.10 Å². The summed E-state index contributed by atoms with van der Waals surface area (Å²) in [4.78, 5) is 41.0. The van der Waals surface area contributed by atoms with Crippen LogP contribution in [0.1, 0.15) is 53.3 Å². The Labute approximate surface area is 191 Å². The van der Waals surface area contributed by atoms with Gasteiger partial charge in [-0.05, 0) is 55.2 Å². The molecule has 0 N–H and O–H groups in total. The molecule has 4 aliphatic rings. The van der Waals surface area contributed by atoms with E-state index < -0.39 is 23.8 Å². The molecule has 7 nitrogen and oxygen atoms in total. The number of pyridine rings is 1. The highest BCUT2D eigenvalue weighted by atomic mass is 35.5. The second-order valence-electron chi connectivity index (χ2n) is 9.48. The molecule has 1 saturated heterocycles. The third-order valence-corrected chi connectivity index (χ3v) is 7.67. The fourth-order valence-corrected chi connectivity index (χ4v) is 5.51. The summed E-state index contributed by atoms with van der Waals surface area (Å²) in [5.74, 6) is -0.448. The second kappa shape index (κ2) is 6.94. The van der Waals surface area contributed by atoms with Crippen molar-refractivity contribution >= 4 is 34.7 Å². The predicted octanol–water partition coefficient (Wildman–Crippen LogP) is 3.15. The summed E-state index contributed by atoms with van der Waals surface area (Å²) in [6.45, 7) is 0.0972. The van der Waals surface area contributed by atoms with Crippen molar-refractivity contribution < 1.29 is 27.6 Å². The van der Waals surface area contributed by atoms with Crippen LogP contribution in [0.3, 0.4) is 0 Å². The Morgan fingerprint density at radius 3 is 2.48 bits per heavy atom. The van der Waals surface area contributed by atoms with E-state index in [9.17, 15) is 27.6 Å². The fourth-order valence-electron chi connectivity index (χ4n) is 5.26. The maximum atomic E-state index is 13.7. The number of ketones is 1. The van der Waals surface area contributed by atoms with Gasteiger partial charge in [0.2, 0.25) is 5.91 Å². The summed E-state index contributed by atoms with van der Waals surface area (Å²) in [6.07, 6.45) is -1.48. The smallest absolute Gasteiger partial charge is 0.329 e. The number of hydrogen-bond acceptors (Lipinski definition) is 4. The lowest BCUT2D eigenvalue weighted by Crippen LogP contribution is -2.56. The molecular weight excluding hydrogens is 461 g/mol. The van der Waals surface area contributed by atoms with Gasteiger partial charge in [-0.1, -0.05) is 11.6 Å². The zero-order valence-corrected chi connectivity index (χ0v) is 18.2. The van der Waals surface area contributed by atoms with Crippen LogP contribution in [0, 0.1) is 11.8 Å². The number of piperazine rings is 1. The van der Waals surface area contributed by atoms with Gasteiger partial charge in [0.25, 0.3) is 5.91 Å². The SMILES string of the molecule is O=C1[C@H]2C[C@H]2C[C@@H]1N1CCN(C(=O)c2nn3c(C(F)(F)F)cc(C4CC4)cc3c2Cl)CC1=O. The number of aromatic nitrogens is 2. The van der Waals surface area contributed by atoms with Crippen LogP contribution in [-0.4, -0.2) is 62.7 Å². The van der Waals surface area contributed by atoms with Crippen LogP contribution in [0.5, 0.6) is 0 Å². The minimum Gasteiger partial charge on any atom is -0.329 e. The van der Waals surface area contributed by atoms with Gasteiger partial charge >= 0.3 is 6.18 Å². The summed E-state index contributed by atoms with van der Waals surface area (Å²) < 4.78 is 41.8. The van der Waals surface area contributed by atoms with E-state index >= 15 is 0 Å². The van der Waals surface area contributed by atoms with Gasteiger partial charge in [0.1, 0.15) is 12.2 Å². The number of alkyl halides is 3. The molecule has 1 aliphatic heterocycles. The molecule has 2 aromatic rings. The molecule has 2 aromatic heterocycles. The van der Waals surface area contributed by atoms with E-state index in [-0.39, 0.29) is 59.4 Å². The number of nitrogens with zero attached hydrogens (tertiary/aromatic N) is 4. The summed E-state index contributed by atoms with van der Waals surface area (Å²) in [6, 6.07) is 2.19. The van der Waals surface area contributed by atoms with Crippen LogP contribution >= 0.6 is 11.6 Å². The summed E-state index contributed by atoms with van der Waals surface area (Å²) in [5.41, 5.74) is -0.743. The van der Waals surface area contributed by atoms with Crippen molar-refractivity contribution in [2.45, 2.75) is 43.8 Å². The van der Waals surface area contributed by atoms with Crippen LogP contribution in [0.15, 0.2) is 12.1 Å². The molecule has 4 fully saturated rings. The molecule has 11 heteroatoms. The van der Waals surface area contributed by atoms with Gasteiger partial charge in [-0.3, -0.25) is 14.4 Å². The summed E-state index contributed by atoms with van der Waals surface area (Å²) in [7, 11) is 0. The van der Waals surface area contributed by atoms with Gasteiger partial charge in [0, 0.05) is 19.0 Å². The van der Waals surface area contributed by atoms with Crippen LogP contribution in [-0.2, 0) is 15.8 Å². The fraction of sp³-hybridized carbons (Fsp3) is 0.545. The highest BCUT2D eigenvalue weighted by molar-refractivity contribution is 6.36. The summed E-state index contributed by atoms with van der Waals surface area (Å²) >= 11 is 6.36. The van der Waals surface area contributed by atoms with E-state index in [0.717, 1.165) is 25.3 Å². The molecule has 3 saturated carbocycles. The third kappa shape index (κ3) is 3.33. The Morgan fingerprint density at radius 2 is 1.88 bits per heavy atom. The molecule has 0 bridgehead atoms. The first-order chi connectivity index (χ1) is 15.6. The van der Waals surface area contributed by atoms with Crippen molar-refractivity contribution in [3.63, 3.8) is 0 Å². The van der Waals surface area contributed by atoms with E-state index in [0.29, 0.717) is 22.4 Å². The first-order valence-corrected chi connectivity index (χ1v) is 11.4. The zero-order chi connectivity index (χ0) is 23.2. The average molecular weight is 481 g/mol. The zero-order valence-electron chi connectivity index (χ0n) is 17.4. The van der Waals surface area contributed by atoms with Crippen molar-refractivity contribution in [1.82, 2.24) is 19.4 Å². The molecule has 0 aromatic carbocycles. The maximum Gasteiger partial charge on any atom is 0.433 e. The topological polar surface area (TPSA) is 75.0 Å². The van der Waals surface area contributed by atoms with E-state index in [1.165, 1.54) is 9.80 Å². The van der Waals surface area contributed by atoms with Gasteiger partial charge in [-0.2, -0.15) is 18.3 Å². The van der Waals surface area contributed by atoms with Gasteiger partial charge < -0.3 is 9.80 Å². The molecule has 33 heavy (non-hydrogen) atoms. The number of carbonyl (C=O) groups is 3. The lowest BCUT2D eigenvalue weighted by Gasteiger charge is -2.37. The first-order valence-electron chi connectivity index (χ1n) is 11.1. The molecule has 3 heterocycles. The van der Waals surface area contributed by atoms with E-state index in [1.54, 1.807) is 6.07 Å². The van der Waals surface area contributed by atoms with E-state index in [4.69, 9.17) is 11.6 Å². The summed E-state index contributed by atoms with van der Waals surface area (Å²) in [5, 5.41) is 3.76. The van der Waals surface area contributed by atoms with Crippen LogP contribution in [0.25, 0.3) is 5.52 Å². The van der Waals surface area contributed by atoms with Gasteiger partial charge in [0.05, 0.1) is 16.6 Å². The molecule has 174 valence electrons. The average Bonchev–Trinajstić information content (AvgIpc) is 3.68. The molecule has 0 unspecified atom stereocenters. The molecule has 0 radical (unpaired) electrons. The molecular formula is C22H20ClF3N4O3. The number of Topliss-reactive ketones (excluding diaryl/α,β-unsaturated/α-hetero) is 1. The Morgan fingerprint density at radius 1 is 1.12 bits per heavy atom. The van der Waals surface area contributed by atoms with Gasteiger partial charge in [-0.15, -0.1) is 0 Å². The van der Waals surface area contributed by atoms with E-state index in [1.807, 2.05) is 0 Å². The second-order valence-corrected chi connectivity index (χ2v) is 9.85. The molecule has 0 spiro atoms. The standard InChI is InChI=1S/C22H20ClF3N4O3/c23-18-14-6-11(10-1-2-10)8-16(22(24,25)26)30(14)27-19(18)21(33)28-3-4-29(17(31)9-28)15-7-12-5-13(12)20(15)32/h6,8,10,12-13,15H,1-5,7,9H2/t12-,13-,15-/m0/s1. The number of hydrogen-bond donors (Lipinski definition) is 0. The third-order valence-electron chi connectivity index (χ3n) is 7.30. The van der Waals surface area contributed by atoms with Gasteiger partial charge in [0.15, 0.2) is 11.5 Å². The predicted molar refractivity (Wildman–Crippen MR) is 110 cm³/mol. The molecule has 3 atom stereocenters. The Kier molecular flexibility index (Phi) is 4.41. The van der Waals surface area contributed by atoms with Crippen molar-refractivity contribution in [3.8, 4) is 0 Å². The lowest BCUT2D eigenvalue weighted by atomic mass is 10.1. The first kappa shape index (κ1) is 20.9. The Bertz CT molecular complexity index is 1220. The quantitative estimate of drug-likeness (QED) is 0.676. The Hall–Kier alpha value is -2.62. The number of amides is 2. The normalized spacial score (nSPS) is 27.5. The molecule has 3 aliphatic carbocycles. The number of rotatable bonds is 3. The van der Waals surface area contributed by atoms with Crippen molar-refractivity contribution in [3.05, 3.63) is 34.1 Å². The lowest BCUT2D eigenvalue weighted by molar-refractivity contribution is -0.142. The van der Waals surface area contributed by atoms with Crippen molar-refractivity contribution in [2.24, 2.45) is 11.8 Å². The minimum atomic E-state index is -4.67. The van der Waals surface area contributed by atoms with Crippen LogP contribution in [0.2, 0.25) is 5.02 Å². The maximum absolute atomic E-state index is 13.7. The van der Waals surface area contributed by atoms with Crippen molar-refractivity contribution in [2.75, 3.05) is 19.6 Å². The monoisotopic (exact) mass is 480 g/mol. The number of fused-ring (bicyclic) bond motifs is 2.